The summed E-state index contributed by atoms with van der Waals surface area (Å²) < 4.78 is 5.63. The van der Waals surface area contributed by atoms with Gasteiger partial charge in [0.15, 0.2) is 0 Å². The molecule has 0 fully saturated rings. The van der Waals surface area contributed by atoms with Crippen molar-refractivity contribution in [3.63, 3.8) is 0 Å². The minimum Gasteiger partial charge on any atom is -0.399 e. The van der Waals surface area contributed by atoms with Crippen LogP contribution in [0.25, 0.3) is 32.3 Å². The molecule has 0 atom stereocenters. The maximum atomic E-state index is 5.80. The zero-order chi connectivity index (χ0) is 18.6. The van der Waals surface area contributed by atoms with E-state index in [1.807, 2.05) is 7.05 Å². The van der Waals surface area contributed by atoms with Gasteiger partial charge in [-0.05, 0) is 57.1 Å². The van der Waals surface area contributed by atoms with E-state index < -0.39 is 0 Å². The van der Waals surface area contributed by atoms with Crippen LogP contribution in [0.2, 0.25) is 0 Å². The monoisotopic (exact) mass is 358 g/mol. The zero-order valence-corrected chi connectivity index (χ0v) is 15.8. The van der Waals surface area contributed by atoms with Gasteiger partial charge in [0.2, 0.25) is 0 Å². The van der Waals surface area contributed by atoms with E-state index in [1.54, 1.807) is 6.20 Å². The van der Waals surface area contributed by atoms with Crippen LogP contribution < -0.4 is 11.1 Å². The molecule has 27 heavy (non-hydrogen) atoms. The van der Waals surface area contributed by atoms with Crippen LogP contribution in [-0.4, -0.2) is 20.3 Å². The van der Waals surface area contributed by atoms with Gasteiger partial charge < -0.3 is 15.8 Å². The molecule has 3 N–H and O–H groups in total. The zero-order valence-electron chi connectivity index (χ0n) is 15.8. The summed E-state index contributed by atoms with van der Waals surface area (Å²) in [5.74, 6) is 0. The number of nitrogens with one attached hydrogen (secondary N) is 1. The second-order valence-corrected chi connectivity index (χ2v) is 7.10. The molecular weight excluding hydrogens is 332 g/mol. The van der Waals surface area contributed by atoms with Crippen LogP contribution in [0.4, 0.5) is 0 Å². The number of ether oxygens (including phenoxy) is 1. The van der Waals surface area contributed by atoms with Crippen LogP contribution in [0.3, 0.4) is 0 Å². The summed E-state index contributed by atoms with van der Waals surface area (Å²) in [6, 6.07) is 20.1. The largest absolute Gasteiger partial charge is 0.399 e. The maximum Gasteiger partial charge on any atom is 0.0874 e. The van der Waals surface area contributed by atoms with Crippen molar-refractivity contribution >= 4 is 32.3 Å². The van der Waals surface area contributed by atoms with E-state index in [0.717, 1.165) is 31.6 Å². The molecule has 0 aromatic heterocycles. The van der Waals surface area contributed by atoms with Crippen LogP contribution in [0.15, 0.2) is 66.5 Å². The number of nitrogens with two attached hydrogens (primary N) is 1. The van der Waals surface area contributed by atoms with Crippen molar-refractivity contribution in [1.82, 2.24) is 5.32 Å². The fourth-order valence-corrected chi connectivity index (χ4v) is 3.95. The van der Waals surface area contributed by atoms with Gasteiger partial charge in [0, 0.05) is 19.9 Å². The summed E-state index contributed by atoms with van der Waals surface area (Å²) in [5, 5.41) is 11.1. The molecule has 0 spiro atoms. The predicted molar refractivity (Wildman–Crippen MR) is 115 cm³/mol. The second kappa shape index (κ2) is 7.85. The normalized spacial score (nSPS) is 12.4. The number of hydrogen-bond acceptors (Lipinski definition) is 3. The van der Waals surface area contributed by atoms with E-state index in [9.17, 15) is 0 Å². The first-order valence-corrected chi connectivity index (χ1v) is 9.63. The van der Waals surface area contributed by atoms with Crippen LogP contribution in [0.1, 0.15) is 18.4 Å². The Morgan fingerprint density at radius 3 is 2.41 bits per heavy atom. The number of rotatable bonds is 8. The minimum atomic E-state index is 0.486. The second-order valence-electron chi connectivity index (χ2n) is 7.10. The van der Waals surface area contributed by atoms with Crippen LogP contribution in [-0.2, 0) is 11.2 Å². The van der Waals surface area contributed by atoms with Crippen molar-refractivity contribution in [2.75, 3.05) is 20.3 Å². The van der Waals surface area contributed by atoms with Crippen molar-refractivity contribution in [3.05, 3.63) is 72.1 Å². The molecule has 0 bridgehead atoms. The van der Waals surface area contributed by atoms with Gasteiger partial charge in [0.25, 0.3) is 0 Å². The Labute approximate surface area is 160 Å². The van der Waals surface area contributed by atoms with Gasteiger partial charge in [0.1, 0.15) is 0 Å². The third-order valence-electron chi connectivity index (χ3n) is 5.20. The predicted octanol–water partition coefficient (Wildman–Crippen LogP) is 4.94. The minimum absolute atomic E-state index is 0.486. The first-order valence-electron chi connectivity index (χ1n) is 9.63. The van der Waals surface area contributed by atoms with Crippen LogP contribution in [0, 0.1) is 0 Å². The highest BCUT2D eigenvalue weighted by molar-refractivity contribution is 6.23. The fourth-order valence-electron chi connectivity index (χ4n) is 3.95. The molecule has 0 aliphatic carbocycles. The van der Waals surface area contributed by atoms with E-state index in [4.69, 9.17) is 10.5 Å². The van der Waals surface area contributed by atoms with E-state index >= 15 is 0 Å². The molecule has 0 saturated heterocycles. The van der Waals surface area contributed by atoms with Gasteiger partial charge in [-0.15, -0.1) is 0 Å². The van der Waals surface area contributed by atoms with Gasteiger partial charge in [0.05, 0.1) is 12.3 Å². The standard InChI is InChI=1S/C24H26N2O/c1-26-15-21(25)16-27-14-3-2-5-17-8-9-20-11-10-18-6-4-7-19-12-13-22(17)24(20)23(18)19/h4,6-13,15,26H,2-3,5,14,16,25H2,1H3/b21-15-. The molecule has 4 rings (SSSR count). The summed E-state index contributed by atoms with van der Waals surface area (Å²) in [4.78, 5) is 0. The lowest BCUT2D eigenvalue weighted by molar-refractivity contribution is 0.151. The lowest BCUT2D eigenvalue weighted by atomic mass is 9.91. The molecule has 3 nitrogen and oxygen atoms in total. The van der Waals surface area contributed by atoms with Crippen LogP contribution >= 0.6 is 0 Å². The highest BCUT2D eigenvalue weighted by Crippen LogP contribution is 2.36. The maximum absolute atomic E-state index is 5.80. The van der Waals surface area contributed by atoms with Gasteiger partial charge in [-0.3, -0.25) is 0 Å². The molecule has 0 saturated carbocycles. The SMILES string of the molecule is CN/C=C(\N)COCCCCc1ccc2ccc3cccc4ccc1c2c34. The number of hydrogen-bond donors (Lipinski definition) is 2. The molecule has 0 amide bonds. The van der Waals surface area contributed by atoms with Crippen molar-refractivity contribution in [2.45, 2.75) is 19.3 Å². The van der Waals surface area contributed by atoms with Crippen molar-refractivity contribution in [2.24, 2.45) is 5.73 Å². The van der Waals surface area contributed by atoms with Crippen molar-refractivity contribution < 1.29 is 4.74 Å². The third-order valence-corrected chi connectivity index (χ3v) is 5.20. The van der Waals surface area contributed by atoms with Crippen LogP contribution in [0.5, 0.6) is 0 Å². The molecule has 0 unspecified atom stereocenters. The first-order chi connectivity index (χ1) is 13.3. The fraction of sp³-hybridized carbons (Fsp3) is 0.250. The molecule has 4 aromatic rings. The van der Waals surface area contributed by atoms with E-state index in [2.05, 4.69) is 59.9 Å². The quantitative estimate of drug-likeness (QED) is 0.346. The third kappa shape index (κ3) is 3.56. The summed E-state index contributed by atoms with van der Waals surface area (Å²) >= 11 is 0. The molecule has 0 radical (unpaired) electrons. The molecule has 138 valence electrons. The van der Waals surface area contributed by atoms with Gasteiger partial charge >= 0.3 is 0 Å². The lowest BCUT2D eigenvalue weighted by Gasteiger charge is -2.14. The van der Waals surface area contributed by atoms with Crippen molar-refractivity contribution in [1.29, 1.82) is 0 Å². The Bertz CT molecular complexity index is 1070. The first kappa shape index (κ1) is 17.6. The van der Waals surface area contributed by atoms with E-state index in [-0.39, 0.29) is 0 Å². The number of benzene rings is 4. The van der Waals surface area contributed by atoms with E-state index in [1.165, 1.54) is 37.9 Å². The number of aryl methyl sites for hydroxylation is 1. The Morgan fingerprint density at radius 2 is 1.63 bits per heavy atom. The highest BCUT2D eigenvalue weighted by Gasteiger charge is 2.10. The Kier molecular flexibility index (Phi) is 5.12. The van der Waals surface area contributed by atoms with E-state index in [0.29, 0.717) is 6.61 Å². The summed E-state index contributed by atoms with van der Waals surface area (Å²) in [5.41, 5.74) is 7.95. The summed E-state index contributed by atoms with van der Waals surface area (Å²) in [7, 11) is 1.84. The van der Waals surface area contributed by atoms with Gasteiger partial charge in [-0.25, -0.2) is 0 Å². The van der Waals surface area contributed by atoms with Gasteiger partial charge in [-0.2, -0.15) is 0 Å². The van der Waals surface area contributed by atoms with Crippen molar-refractivity contribution in [3.8, 4) is 0 Å². The Hall–Kier alpha value is -2.78. The molecule has 0 aliphatic rings. The molecular formula is C24H26N2O. The summed E-state index contributed by atoms with van der Waals surface area (Å²) in [6.07, 6.45) is 4.98. The molecule has 4 aromatic carbocycles. The average Bonchev–Trinajstić information content (AvgIpc) is 2.69. The lowest BCUT2D eigenvalue weighted by Crippen LogP contribution is -2.11. The smallest absolute Gasteiger partial charge is 0.0874 e. The molecule has 0 heterocycles. The van der Waals surface area contributed by atoms with Gasteiger partial charge in [-0.1, -0.05) is 54.6 Å². The Morgan fingerprint density at radius 1 is 0.926 bits per heavy atom. The average molecular weight is 358 g/mol. The number of unbranched alkanes of at least 4 members (excludes halogenated alkanes) is 1. The summed E-state index contributed by atoms with van der Waals surface area (Å²) in [6.45, 7) is 1.23. The Balaban J connectivity index is 1.49. The topological polar surface area (TPSA) is 47.3 Å². The highest BCUT2D eigenvalue weighted by atomic mass is 16.5. The molecule has 3 heteroatoms. The molecule has 0 aliphatic heterocycles.